The van der Waals surface area contributed by atoms with Crippen LogP contribution < -0.4 is 15.2 Å². The molecule has 0 saturated heterocycles. The van der Waals surface area contributed by atoms with Crippen molar-refractivity contribution in [3.8, 4) is 22.8 Å². The van der Waals surface area contributed by atoms with Gasteiger partial charge in [0, 0.05) is 5.56 Å². The van der Waals surface area contributed by atoms with Crippen LogP contribution in [0.4, 0.5) is 17.2 Å². The fraction of sp³-hybridized carbons (Fsp3) is 0.208. The number of ether oxygens (including phenoxy) is 3. The zero-order chi connectivity index (χ0) is 24.2. The van der Waals surface area contributed by atoms with Crippen LogP contribution in [0.2, 0.25) is 0 Å². The highest BCUT2D eigenvalue weighted by molar-refractivity contribution is 5.98. The van der Waals surface area contributed by atoms with E-state index in [1.165, 1.54) is 4.52 Å². The van der Waals surface area contributed by atoms with Crippen molar-refractivity contribution in [2.75, 3.05) is 26.6 Å². The van der Waals surface area contributed by atoms with Gasteiger partial charge in [0.15, 0.2) is 17.2 Å². The number of nitrogen functional groups attached to an aromatic ring is 1. The van der Waals surface area contributed by atoms with Gasteiger partial charge in [0.1, 0.15) is 17.1 Å². The summed E-state index contributed by atoms with van der Waals surface area (Å²) in [7, 11) is 3.18. The van der Waals surface area contributed by atoms with Crippen molar-refractivity contribution in [1.29, 1.82) is 0 Å². The zero-order valence-corrected chi connectivity index (χ0v) is 19.3. The molecule has 2 heterocycles. The van der Waals surface area contributed by atoms with E-state index in [0.717, 1.165) is 0 Å². The van der Waals surface area contributed by atoms with Crippen molar-refractivity contribution in [1.82, 2.24) is 14.6 Å². The Hall–Kier alpha value is -4.47. The van der Waals surface area contributed by atoms with Crippen LogP contribution in [0.15, 0.2) is 58.8 Å². The molecule has 2 aromatic carbocycles. The molecule has 0 radical (unpaired) electrons. The van der Waals surface area contributed by atoms with Gasteiger partial charge in [-0.05, 0) is 62.4 Å². The number of fused-ring (bicyclic) bond motifs is 1. The van der Waals surface area contributed by atoms with E-state index in [4.69, 9.17) is 19.9 Å². The quantitative estimate of drug-likeness (QED) is 0.307. The smallest absolute Gasteiger partial charge is 0.342 e. The van der Waals surface area contributed by atoms with E-state index < -0.39 is 5.97 Å². The molecule has 10 heteroatoms. The van der Waals surface area contributed by atoms with Crippen molar-refractivity contribution in [3.63, 3.8) is 0 Å². The number of hydrogen-bond donors (Lipinski definition) is 1. The molecular formula is C24H24N6O4. The third-order valence-corrected chi connectivity index (χ3v) is 5.13. The van der Waals surface area contributed by atoms with Gasteiger partial charge in [0.2, 0.25) is 0 Å². The highest BCUT2D eigenvalue weighted by Gasteiger charge is 2.25. The van der Waals surface area contributed by atoms with Crippen molar-refractivity contribution in [2.24, 2.45) is 10.2 Å². The van der Waals surface area contributed by atoms with E-state index in [9.17, 15) is 4.79 Å². The molecule has 0 atom stereocenters. The van der Waals surface area contributed by atoms with Gasteiger partial charge >= 0.3 is 5.97 Å². The molecule has 174 valence electrons. The molecule has 4 rings (SSSR count). The van der Waals surface area contributed by atoms with E-state index in [2.05, 4.69) is 20.3 Å². The molecular weight excluding hydrogens is 436 g/mol. The molecule has 0 amide bonds. The molecule has 0 aliphatic carbocycles. The Balaban J connectivity index is 1.90. The van der Waals surface area contributed by atoms with Gasteiger partial charge in [-0.1, -0.05) is 0 Å². The third kappa shape index (κ3) is 4.25. The van der Waals surface area contributed by atoms with Crippen molar-refractivity contribution < 1.29 is 19.0 Å². The van der Waals surface area contributed by atoms with Crippen LogP contribution >= 0.6 is 0 Å². The van der Waals surface area contributed by atoms with Crippen LogP contribution in [0.1, 0.15) is 23.0 Å². The maximum Gasteiger partial charge on any atom is 0.342 e. The molecule has 0 unspecified atom stereocenters. The number of nitrogens with zero attached hydrogens (tertiary/aromatic N) is 5. The molecule has 2 N–H and O–H groups in total. The van der Waals surface area contributed by atoms with Crippen LogP contribution in [0.5, 0.6) is 11.5 Å². The Kier molecular flexibility index (Phi) is 6.39. The first-order chi connectivity index (χ1) is 16.5. The van der Waals surface area contributed by atoms with E-state index in [1.807, 2.05) is 12.1 Å². The van der Waals surface area contributed by atoms with E-state index in [-0.39, 0.29) is 12.4 Å². The number of rotatable bonds is 7. The highest BCUT2D eigenvalue weighted by Crippen LogP contribution is 2.35. The Labute approximate surface area is 196 Å². The number of carbonyl (C=O) groups is 1. The molecule has 34 heavy (non-hydrogen) atoms. The van der Waals surface area contributed by atoms with Gasteiger partial charge < -0.3 is 19.9 Å². The standard InChI is InChI=1S/C24H24N6O4/c1-5-34-24(31)19-14(2)26-23-20(28-27-16-8-12-18(33-4)13-9-16)22(25)29-30(23)21(19)15-6-10-17(32-3)11-7-15/h6-13H,5H2,1-4H3,(H2,25,29). The zero-order valence-electron chi connectivity index (χ0n) is 19.3. The minimum absolute atomic E-state index is 0.125. The first-order valence-corrected chi connectivity index (χ1v) is 10.5. The molecule has 0 aliphatic rings. The summed E-state index contributed by atoms with van der Waals surface area (Å²) in [4.78, 5) is 17.5. The molecule has 0 aliphatic heterocycles. The second-order valence-electron chi connectivity index (χ2n) is 7.24. The number of nitrogens with two attached hydrogens (primary N) is 1. The number of carbonyl (C=O) groups excluding carboxylic acids is 1. The van der Waals surface area contributed by atoms with E-state index in [1.54, 1.807) is 64.5 Å². The number of azo groups is 1. The van der Waals surface area contributed by atoms with Crippen LogP contribution in [0.3, 0.4) is 0 Å². The van der Waals surface area contributed by atoms with E-state index >= 15 is 0 Å². The van der Waals surface area contributed by atoms with Crippen LogP contribution in [0, 0.1) is 6.92 Å². The molecule has 10 nitrogen and oxygen atoms in total. The Bertz CT molecular complexity index is 1360. The lowest BCUT2D eigenvalue weighted by Crippen LogP contribution is -2.14. The first kappa shape index (κ1) is 22.7. The van der Waals surface area contributed by atoms with Crippen LogP contribution in [-0.2, 0) is 4.74 Å². The fourth-order valence-electron chi connectivity index (χ4n) is 3.48. The minimum Gasteiger partial charge on any atom is -0.497 e. The summed E-state index contributed by atoms with van der Waals surface area (Å²) < 4.78 is 17.2. The topological polar surface area (TPSA) is 126 Å². The predicted octanol–water partition coefficient (Wildman–Crippen LogP) is 4.90. The molecule has 0 fully saturated rings. The Morgan fingerprint density at radius 1 is 1.00 bits per heavy atom. The number of aromatic nitrogens is 3. The van der Waals surface area contributed by atoms with Gasteiger partial charge in [0.25, 0.3) is 0 Å². The van der Waals surface area contributed by atoms with Gasteiger partial charge in [-0.3, -0.25) is 0 Å². The fourth-order valence-corrected chi connectivity index (χ4v) is 3.48. The number of benzene rings is 2. The molecule has 0 bridgehead atoms. The van der Waals surface area contributed by atoms with Crippen molar-refractivity contribution >= 4 is 28.8 Å². The summed E-state index contributed by atoms with van der Waals surface area (Å²) in [6.07, 6.45) is 0. The number of anilines is 1. The lowest BCUT2D eigenvalue weighted by Gasteiger charge is -2.13. The Morgan fingerprint density at radius 2 is 1.62 bits per heavy atom. The van der Waals surface area contributed by atoms with Gasteiger partial charge in [0.05, 0.1) is 37.9 Å². The third-order valence-electron chi connectivity index (χ3n) is 5.13. The largest absolute Gasteiger partial charge is 0.497 e. The van der Waals surface area contributed by atoms with Gasteiger partial charge in [-0.2, -0.15) is 5.11 Å². The number of methoxy groups -OCH3 is 2. The second-order valence-corrected chi connectivity index (χ2v) is 7.24. The predicted molar refractivity (Wildman–Crippen MR) is 127 cm³/mol. The summed E-state index contributed by atoms with van der Waals surface area (Å²) >= 11 is 0. The average molecular weight is 460 g/mol. The maximum absolute atomic E-state index is 12.9. The summed E-state index contributed by atoms with van der Waals surface area (Å²) in [5.74, 6) is 1.01. The number of esters is 1. The minimum atomic E-state index is -0.504. The second kappa shape index (κ2) is 9.57. The summed E-state index contributed by atoms with van der Waals surface area (Å²) in [6, 6.07) is 14.3. The van der Waals surface area contributed by atoms with Crippen LogP contribution in [0.25, 0.3) is 16.9 Å². The van der Waals surface area contributed by atoms with E-state index in [0.29, 0.717) is 51.0 Å². The monoisotopic (exact) mass is 460 g/mol. The van der Waals surface area contributed by atoms with Crippen molar-refractivity contribution in [3.05, 3.63) is 59.8 Å². The van der Waals surface area contributed by atoms with Crippen LogP contribution in [-0.4, -0.2) is 41.4 Å². The number of aryl methyl sites for hydroxylation is 1. The summed E-state index contributed by atoms with van der Waals surface area (Å²) in [5, 5.41) is 13.0. The SMILES string of the molecule is CCOC(=O)c1c(C)nc2c(N=Nc3ccc(OC)cc3)c(N)nn2c1-c1ccc(OC)cc1. The maximum atomic E-state index is 12.9. The summed E-state index contributed by atoms with van der Waals surface area (Å²) in [6.45, 7) is 3.70. The highest BCUT2D eigenvalue weighted by atomic mass is 16.5. The lowest BCUT2D eigenvalue weighted by molar-refractivity contribution is 0.0525. The molecule has 2 aromatic heterocycles. The normalized spacial score (nSPS) is 11.2. The van der Waals surface area contributed by atoms with Gasteiger partial charge in [-0.25, -0.2) is 14.3 Å². The lowest BCUT2D eigenvalue weighted by atomic mass is 10.0. The van der Waals surface area contributed by atoms with Crippen molar-refractivity contribution in [2.45, 2.75) is 13.8 Å². The van der Waals surface area contributed by atoms with Gasteiger partial charge in [-0.15, -0.1) is 10.2 Å². The molecule has 0 spiro atoms. The number of hydrogen-bond acceptors (Lipinski definition) is 9. The first-order valence-electron chi connectivity index (χ1n) is 10.5. The Morgan fingerprint density at radius 3 is 2.21 bits per heavy atom. The summed E-state index contributed by atoms with van der Waals surface area (Å²) in [5.41, 5.74) is 9.42. The molecule has 4 aromatic rings. The average Bonchev–Trinajstić information content (AvgIpc) is 3.16. The molecule has 0 saturated carbocycles.